The van der Waals surface area contributed by atoms with Crippen molar-refractivity contribution in [1.29, 1.82) is 0 Å². The van der Waals surface area contributed by atoms with Crippen LogP contribution in [0.5, 0.6) is 0 Å². The van der Waals surface area contributed by atoms with Crippen molar-refractivity contribution in [2.75, 3.05) is 72.7 Å². The molecule has 0 spiro atoms. The number of rotatable bonds is 18. The van der Waals surface area contributed by atoms with Crippen LogP contribution in [0.3, 0.4) is 0 Å². The number of aliphatic hydroxyl groups excluding tert-OH is 8. The lowest BCUT2D eigenvalue weighted by Gasteiger charge is -2.44. The third-order valence-electron chi connectivity index (χ3n) is 12.6. The van der Waals surface area contributed by atoms with E-state index in [1.54, 1.807) is 0 Å². The first-order valence-electron chi connectivity index (χ1n) is 24.1. The van der Waals surface area contributed by atoms with Gasteiger partial charge in [-0.3, -0.25) is 14.4 Å². The zero-order valence-corrected chi connectivity index (χ0v) is 40.1. The van der Waals surface area contributed by atoms with Crippen LogP contribution in [0.15, 0.2) is 0 Å². The van der Waals surface area contributed by atoms with Gasteiger partial charge in [0, 0.05) is 65.6 Å². The summed E-state index contributed by atoms with van der Waals surface area (Å²) in [6, 6.07) is -2.88. The van der Waals surface area contributed by atoms with Crippen molar-refractivity contribution in [2.24, 2.45) is 11.3 Å². The van der Waals surface area contributed by atoms with E-state index < -0.39 is 122 Å². The average molecular weight is 984 g/mol. The molecule has 0 aromatic heterocycles. The molecular weight excluding hydrogens is 902 g/mol. The molecule has 4 saturated heterocycles. The van der Waals surface area contributed by atoms with Gasteiger partial charge >= 0.3 is 0 Å². The summed E-state index contributed by atoms with van der Waals surface area (Å²) in [6.45, 7) is 7.45. The molecule has 4 rings (SSSR count). The smallest absolute Gasteiger partial charge is 0.217 e. The van der Waals surface area contributed by atoms with Gasteiger partial charge in [0.05, 0.1) is 57.9 Å². The van der Waals surface area contributed by atoms with Crippen LogP contribution < -0.4 is 16.0 Å². The van der Waals surface area contributed by atoms with E-state index in [1.165, 1.54) is 20.8 Å². The van der Waals surface area contributed by atoms with Gasteiger partial charge in [0.15, 0.2) is 18.9 Å². The van der Waals surface area contributed by atoms with Gasteiger partial charge in [0.2, 0.25) is 17.7 Å². The fourth-order valence-electron chi connectivity index (χ4n) is 8.83. The number of hydrogen-bond donors (Lipinski definition) is 11. The zero-order chi connectivity index (χ0) is 49.8. The van der Waals surface area contributed by atoms with Crippen molar-refractivity contribution in [2.45, 2.75) is 184 Å². The third-order valence-corrected chi connectivity index (χ3v) is 12.6. The van der Waals surface area contributed by atoms with E-state index in [1.807, 2.05) is 6.92 Å². The summed E-state index contributed by atoms with van der Waals surface area (Å²) < 4.78 is 54.4. The number of carbonyl (C=O) groups excluding carboxylic acids is 3. The highest BCUT2D eigenvalue weighted by Gasteiger charge is 2.48. The summed E-state index contributed by atoms with van der Waals surface area (Å²) in [6.07, 6.45) is -9.53. The standard InChI is InChI=1S/C45H81N3O20/c1-26(51)46-30-20-31(54)37(55)33(21-49)67-42(30)63-15-9-5-7-13-60-23-45(4)24-61-14-8-6-10-16-64-43-35(47-27(2)52)40(58)38(56)32(66-43)19-29(11-17-62-25-45)12-18-65-44-36(48-28(3)53)41(59)39(57)34(22-50)68-44/h29-44,49-50,54-59H,5-25H2,1-4H3,(H,46,51)(H,47,52)(H,48,53)/t29?,30?,31?,32?,33?,34?,35?,36?,37-,38+,39+,40?,41?,42-,43-,44-,45?/m1/s1. The van der Waals surface area contributed by atoms with Crippen LogP contribution in [0, 0.1) is 11.3 Å². The minimum Gasteiger partial charge on any atom is -0.394 e. The second-order valence-corrected chi connectivity index (χ2v) is 18.9. The number of ether oxygens (including phenoxy) is 9. The van der Waals surface area contributed by atoms with E-state index in [4.69, 9.17) is 42.6 Å². The molecule has 4 heterocycles. The van der Waals surface area contributed by atoms with Crippen LogP contribution in [0.1, 0.15) is 91.9 Å². The predicted molar refractivity (Wildman–Crippen MR) is 237 cm³/mol. The summed E-state index contributed by atoms with van der Waals surface area (Å²) in [5.41, 5.74) is -0.533. The highest BCUT2D eigenvalue weighted by Crippen LogP contribution is 2.31. The molecule has 11 N–H and O–H groups in total. The van der Waals surface area contributed by atoms with E-state index in [0.717, 1.165) is 19.3 Å². The molecule has 4 fully saturated rings. The Labute approximate surface area is 398 Å². The lowest BCUT2D eigenvalue weighted by molar-refractivity contribution is -0.273. The number of aliphatic hydroxyl groups is 8. The fourth-order valence-corrected chi connectivity index (χ4v) is 8.83. The largest absolute Gasteiger partial charge is 0.394 e. The van der Waals surface area contributed by atoms with Crippen molar-refractivity contribution in [3.63, 3.8) is 0 Å². The molecule has 23 nitrogen and oxygen atoms in total. The SMILES string of the molecule is CC(=O)NC1CC(O)[C@@H](O)C(CO)O[C@H]1OCCCCCOCC1(C)COCCCCCO[C@@H]2OC(CC(CCO[C@@H]3OC(CO)[C@H](O)C(O)C3NC(C)=O)CCOC1)[C@H](O)C(O)C2NC(C)=O. The third kappa shape index (κ3) is 18.7. The van der Waals surface area contributed by atoms with Gasteiger partial charge in [-0.25, -0.2) is 0 Å². The summed E-state index contributed by atoms with van der Waals surface area (Å²) in [5.74, 6) is -1.54. The van der Waals surface area contributed by atoms with Gasteiger partial charge < -0.3 is 99.4 Å². The van der Waals surface area contributed by atoms with E-state index in [9.17, 15) is 55.2 Å². The molecule has 3 amide bonds. The topological polar surface area (TPSA) is 332 Å². The summed E-state index contributed by atoms with van der Waals surface area (Å²) in [4.78, 5) is 35.9. The van der Waals surface area contributed by atoms with Gasteiger partial charge in [-0.2, -0.15) is 0 Å². The van der Waals surface area contributed by atoms with E-state index >= 15 is 0 Å². The maximum Gasteiger partial charge on any atom is 0.217 e. The first-order valence-corrected chi connectivity index (χ1v) is 24.1. The number of carbonyl (C=O) groups is 3. The highest BCUT2D eigenvalue weighted by atomic mass is 16.7. The molecule has 4 aliphatic rings. The number of unbranched alkanes of at least 4 members (excludes halogenated alkanes) is 2. The van der Waals surface area contributed by atoms with Crippen molar-refractivity contribution in [3.8, 4) is 0 Å². The Kier molecular flexibility index (Phi) is 25.7. The first-order chi connectivity index (χ1) is 32.5. The lowest BCUT2D eigenvalue weighted by atomic mass is 9.87. The van der Waals surface area contributed by atoms with Crippen molar-refractivity contribution in [3.05, 3.63) is 0 Å². The van der Waals surface area contributed by atoms with E-state index in [-0.39, 0.29) is 57.7 Å². The van der Waals surface area contributed by atoms with Crippen molar-refractivity contribution in [1.82, 2.24) is 16.0 Å². The van der Waals surface area contributed by atoms with E-state index in [0.29, 0.717) is 58.5 Å². The molecule has 11 unspecified atom stereocenters. The Balaban J connectivity index is 1.36. The Morgan fingerprint density at radius 2 is 1.24 bits per heavy atom. The van der Waals surface area contributed by atoms with Crippen LogP contribution in [0.2, 0.25) is 0 Å². The number of hydrogen-bond acceptors (Lipinski definition) is 20. The van der Waals surface area contributed by atoms with Crippen LogP contribution in [0.4, 0.5) is 0 Å². The van der Waals surface area contributed by atoms with Gasteiger partial charge in [-0.15, -0.1) is 0 Å². The van der Waals surface area contributed by atoms with Gasteiger partial charge in [-0.1, -0.05) is 6.92 Å². The first kappa shape index (κ1) is 58.3. The molecule has 0 aromatic rings. The Bertz CT molecular complexity index is 1470. The minimum atomic E-state index is -1.49. The molecule has 4 aliphatic heterocycles. The second kappa shape index (κ2) is 29.9. The zero-order valence-electron chi connectivity index (χ0n) is 40.1. The number of fused-ring (bicyclic) bond motifs is 2. The lowest BCUT2D eigenvalue weighted by Crippen LogP contribution is -2.64. The predicted octanol–water partition coefficient (Wildman–Crippen LogP) is -2.54. The molecule has 23 heteroatoms. The monoisotopic (exact) mass is 984 g/mol. The maximum atomic E-state index is 12.1. The second-order valence-electron chi connectivity index (χ2n) is 18.9. The van der Waals surface area contributed by atoms with Gasteiger partial charge in [-0.05, 0) is 63.7 Å². The molecule has 396 valence electrons. The molecule has 68 heavy (non-hydrogen) atoms. The van der Waals surface area contributed by atoms with E-state index in [2.05, 4.69) is 16.0 Å². The van der Waals surface area contributed by atoms with Crippen LogP contribution in [-0.2, 0) is 57.0 Å². The molecule has 0 aromatic carbocycles. The number of amides is 3. The minimum absolute atomic E-state index is 0.00883. The summed E-state index contributed by atoms with van der Waals surface area (Å²) in [7, 11) is 0. The normalized spacial score (nSPS) is 38.3. The molecular formula is C45H81N3O20. The Morgan fingerprint density at radius 1 is 0.632 bits per heavy atom. The number of nitrogens with one attached hydrogen (secondary N) is 3. The van der Waals surface area contributed by atoms with Crippen LogP contribution >= 0.6 is 0 Å². The fraction of sp³-hybridized carbons (Fsp3) is 0.933. The van der Waals surface area contributed by atoms with Gasteiger partial charge in [0.25, 0.3) is 0 Å². The summed E-state index contributed by atoms with van der Waals surface area (Å²) in [5, 5.41) is 91.8. The highest BCUT2D eigenvalue weighted by molar-refractivity contribution is 5.74. The average Bonchev–Trinajstić information content (AvgIpc) is 3.39. The summed E-state index contributed by atoms with van der Waals surface area (Å²) >= 11 is 0. The van der Waals surface area contributed by atoms with Crippen molar-refractivity contribution < 1.29 is 97.9 Å². The molecule has 17 atom stereocenters. The Hall–Kier alpha value is -2.27. The van der Waals surface area contributed by atoms with Gasteiger partial charge in [0.1, 0.15) is 54.8 Å². The van der Waals surface area contributed by atoms with Crippen molar-refractivity contribution >= 4 is 17.7 Å². The quantitative estimate of drug-likeness (QED) is 0.0631. The molecule has 0 radical (unpaired) electrons. The molecule has 0 saturated carbocycles. The van der Waals surface area contributed by atoms with Crippen LogP contribution in [0.25, 0.3) is 0 Å². The molecule has 0 aliphatic carbocycles. The maximum absolute atomic E-state index is 12.1. The molecule has 2 bridgehead atoms. The van der Waals surface area contributed by atoms with Crippen LogP contribution in [-0.4, -0.2) is 223 Å². The Morgan fingerprint density at radius 3 is 1.93 bits per heavy atom.